The molecule has 0 heterocycles. The first-order valence-electron chi connectivity index (χ1n) is 6.00. The second-order valence-corrected chi connectivity index (χ2v) is 6.75. The predicted octanol–water partition coefficient (Wildman–Crippen LogP) is 2.45. The Morgan fingerprint density at radius 3 is 2.21 bits per heavy atom. The van der Waals surface area contributed by atoms with Gasteiger partial charge in [-0.05, 0) is 30.2 Å². The summed E-state index contributed by atoms with van der Waals surface area (Å²) in [5, 5.41) is 0. The van der Waals surface area contributed by atoms with Gasteiger partial charge in [0.05, 0.1) is 10.9 Å². The standard InChI is InChI=1S/C15H17NO2S/c1-11-6-8-12(9-7-11)15(16)13-4-3-5-14(10-13)19(2,17)18/h3-10,15H,16H2,1-2H3/t15-/m0/s1. The van der Waals surface area contributed by atoms with E-state index in [0.717, 1.165) is 11.1 Å². The molecule has 3 nitrogen and oxygen atoms in total. The van der Waals surface area contributed by atoms with Crippen molar-refractivity contribution >= 4 is 9.84 Å². The lowest BCUT2D eigenvalue weighted by molar-refractivity contribution is 0.601. The highest BCUT2D eigenvalue weighted by atomic mass is 32.2. The first kappa shape index (κ1) is 13.8. The molecule has 4 heteroatoms. The molecule has 19 heavy (non-hydrogen) atoms. The lowest BCUT2D eigenvalue weighted by Gasteiger charge is -2.13. The predicted molar refractivity (Wildman–Crippen MR) is 76.8 cm³/mol. The lowest BCUT2D eigenvalue weighted by atomic mass is 9.99. The Labute approximate surface area is 114 Å². The Morgan fingerprint density at radius 2 is 1.63 bits per heavy atom. The largest absolute Gasteiger partial charge is 0.320 e. The molecule has 2 rings (SSSR count). The van der Waals surface area contributed by atoms with Crippen molar-refractivity contribution in [3.63, 3.8) is 0 Å². The van der Waals surface area contributed by atoms with Crippen LogP contribution < -0.4 is 5.73 Å². The smallest absolute Gasteiger partial charge is 0.175 e. The van der Waals surface area contributed by atoms with Crippen LogP contribution in [-0.2, 0) is 9.84 Å². The van der Waals surface area contributed by atoms with E-state index >= 15 is 0 Å². The normalized spacial score (nSPS) is 13.2. The maximum atomic E-state index is 11.5. The van der Waals surface area contributed by atoms with Crippen molar-refractivity contribution in [3.8, 4) is 0 Å². The molecule has 0 unspecified atom stereocenters. The summed E-state index contributed by atoms with van der Waals surface area (Å²) < 4.78 is 23.1. The molecular formula is C15H17NO2S. The fourth-order valence-electron chi connectivity index (χ4n) is 1.90. The van der Waals surface area contributed by atoms with Gasteiger partial charge < -0.3 is 5.73 Å². The Kier molecular flexibility index (Phi) is 3.73. The van der Waals surface area contributed by atoms with E-state index in [2.05, 4.69) is 0 Å². The maximum Gasteiger partial charge on any atom is 0.175 e. The van der Waals surface area contributed by atoms with Crippen LogP contribution in [0, 0.1) is 6.92 Å². The summed E-state index contributed by atoms with van der Waals surface area (Å²) in [7, 11) is -3.20. The molecule has 0 spiro atoms. The number of aryl methyl sites for hydroxylation is 1. The quantitative estimate of drug-likeness (QED) is 0.936. The van der Waals surface area contributed by atoms with Gasteiger partial charge in [0.25, 0.3) is 0 Å². The van der Waals surface area contributed by atoms with Gasteiger partial charge in [-0.1, -0.05) is 42.0 Å². The minimum atomic E-state index is -3.20. The van der Waals surface area contributed by atoms with Gasteiger partial charge in [0.15, 0.2) is 9.84 Å². The zero-order valence-electron chi connectivity index (χ0n) is 11.0. The van der Waals surface area contributed by atoms with E-state index in [9.17, 15) is 8.42 Å². The van der Waals surface area contributed by atoms with Crippen molar-refractivity contribution in [2.75, 3.05) is 6.26 Å². The molecule has 100 valence electrons. The van der Waals surface area contributed by atoms with E-state index in [-0.39, 0.29) is 6.04 Å². The van der Waals surface area contributed by atoms with Crippen LogP contribution in [0.1, 0.15) is 22.7 Å². The molecule has 0 aliphatic rings. The number of sulfone groups is 1. The molecule has 1 atom stereocenters. The minimum absolute atomic E-state index is 0.299. The van der Waals surface area contributed by atoms with Gasteiger partial charge in [-0.2, -0.15) is 0 Å². The third-order valence-electron chi connectivity index (χ3n) is 3.08. The monoisotopic (exact) mass is 275 g/mol. The van der Waals surface area contributed by atoms with Crippen LogP contribution in [0.4, 0.5) is 0 Å². The minimum Gasteiger partial charge on any atom is -0.320 e. The lowest BCUT2D eigenvalue weighted by Crippen LogP contribution is -2.12. The van der Waals surface area contributed by atoms with Crippen LogP contribution in [0.2, 0.25) is 0 Å². The molecule has 2 aromatic rings. The molecule has 2 N–H and O–H groups in total. The van der Waals surface area contributed by atoms with E-state index in [1.165, 1.54) is 11.8 Å². The number of hydrogen-bond acceptors (Lipinski definition) is 3. The maximum absolute atomic E-state index is 11.5. The molecule has 0 amide bonds. The fraction of sp³-hybridized carbons (Fsp3) is 0.200. The summed E-state index contributed by atoms with van der Waals surface area (Å²) >= 11 is 0. The molecule has 0 saturated carbocycles. The summed E-state index contributed by atoms with van der Waals surface area (Å²) in [5.41, 5.74) is 9.12. The van der Waals surface area contributed by atoms with E-state index < -0.39 is 9.84 Å². The summed E-state index contributed by atoms with van der Waals surface area (Å²) in [6, 6.07) is 14.4. The number of benzene rings is 2. The highest BCUT2D eigenvalue weighted by Gasteiger charge is 2.12. The van der Waals surface area contributed by atoms with Gasteiger partial charge in [-0.3, -0.25) is 0 Å². The SMILES string of the molecule is Cc1ccc([C@H](N)c2cccc(S(C)(=O)=O)c2)cc1. The number of nitrogens with two attached hydrogens (primary N) is 1. The van der Waals surface area contributed by atoms with Crippen LogP contribution in [0.15, 0.2) is 53.4 Å². The number of hydrogen-bond donors (Lipinski definition) is 1. The van der Waals surface area contributed by atoms with Crippen molar-refractivity contribution in [3.05, 3.63) is 65.2 Å². The molecule has 0 bridgehead atoms. The fourth-order valence-corrected chi connectivity index (χ4v) is 2.58. The Hall–Kier alpha value is -1.65. The first-order chi connectivity index (χ1) is 8.88. The van der Waals surface area contributed by atoms with E-state index in [1.807, 2.05) is 37.3 Å². The van der Waals surface area contributed by atoms with Crippen molar-refractivity contribution < 1.29 is 8.42 Å². The van der Waals surface area contributed by atoms with Gasteiger partial charge in [-0.15, -0.1) is 0 Å². The second kappa shape index (κ2) is 5.15. The highest BCUT2D eigenvalue weighted by molar-refractivity contribution is 7.90. The topological polar surface area (TPSA) is 60.2 Å². The van der Waals surface area contributed by atoms with E-state index in [4.69, 9.17) is 5.73 Å². The molecule has 0 aromatic heterocycles. The van der Waals surface area contributed by atoms with E-state index in [1.54, 1.807) is 18.2 Å². The van der Waals surface area contributed by atoms with Crippen LogP contribution >= 0.6 is 0 Å². The van der Waals surface area contributed by atoms with Gasteiger partial charge in [-0.25, -0.2) is 8.42 Å². The van der Waals surface area contributed by atoms with Crippen molar-refractivity contribution in [2.45, 2.75) is 17.9 Å². The average molecular weight is 275 g/mol. The third-order valence-corrected chi connectivity index (χ3v) is 4.19. The average Bonchev–Trinajstić information content (AvgIpc) is 2.38. The Morgan fingerprint density at radius 1 is 1.00 bits per heavy atom. The van der Waals surface area contributed by atoms with Gasteiger partial charge in [0.1, 0.15) is 0 Å². The molecule has 0 radical (unpaired) electrons. The van der Waals surface area contributed by atoms with Crippen LogP contribution in [0.25, 0.3) is 0 Å². The molecule has 2 aromatic carbocycles. The van der Waals surface area contributed by atoms with Crippen molar-refractivity contribution in [1.29, 1.82) is 0 Å². The van der Waals surface area contributed by atoms with Gasteiger partial charge >= 0.3 is 0 Å². The van der Waals surface area contributed by atoms with Crippen molar-refractivity contribution in [1.82, 2.24) is 0 Å². The second-order valence-electron chi connectivity index (χ2n) is 4.73. The summed E-state index contributed by atoms with van der Waals surface area (Å²) in [6.07, 6.45) is 1.20. The van der Waals surface area contributed by atoms with Gasteiger partial charge in [0.2, 0.25) is 0 Å². The Bertz CT molecular complexity index is 676. The van der Waals surface area contributed by atoms with Gasteiger partial charge in [0, 0.05) is 6.26 Å². The zero-order valence-corrected chi connectivity index (χ0v) is 11.8. The molecule has 0 fully saturated rings. The molecular weight excluding hydrogens is 258 g/mol. The summed E-state index contributed by atoms with van der Waals surface area (Å²) in [4.78, 5) is 0.299. The third kappa shape index (κ3) is 3.22. The van der Waals surface area contributed by atoms with Crippen LogP contribution in [0.3, 0.4) is 0 Å². The number of rotatable bonds is 3. The zero-order chi connectivity index (χ0) is 14.0. The summed E-state index contributed by atoms with van der Waals surface area (Å²) in [6.45, 7) is 2.01. The first-order valence-corrected chi connectivity index (χ1v) is 7.89. The summed E-state index contributed by atoms with van der Waals surface area (Å²) in [5.74, 6) is 0. The Balaban J connectivity index is 2.39. The molecule has 0 aliphatic heterocycles. The molecule has 0 aliphatic carbocycles. The highest BCUT2D eigenvalue weighted by Crippen LogP contribution is 2.22. The van der Waals surface area contributed by atoms with Crippen LogP contribution in [-0.4, -0.2) is 14.7 Å². The van der Waals surface area contributed by atoms with E-state index in [0.29, 0.717) is 4.90 Å². The van der Waals surface area contributed by atoms with Crippen LogP contribution in [0.5, 0.6) is 0 Å². The molecule has 0 saturated heterocycles. The van der Waals surface area contributed by atoms with Crippen molar-refractivity contribution in [2.24, 2.45) is 5.73 Å².